The lowest BCUT2D eigenvalue weighted by atomic mass is 9.82. The van der Waals surface area contributed by atoms with Gasteiger partial charge in [0.2, 0.25) is 0 Å². The number of carbonyl (C=O) groups is 1. The van der Waals surface area contributed by atoms with Crippen molar-refractivity contribution < 1.29 is 9.18 Å². The number of hydrogen-bond acceptors (Lipinski definition) is 5. The highest BCUT2D eigenvalue weighted by atomic mass is 79.9. The van der Waals surface area contributed by atoms with Crippen LogP contribution >= 0.6 is 31.9 Å². The maximum absolute atomic E-state index is 13.6. The summed E-state index contributed by atoms with van der Waals surface area (Å²) < 4.78 is 16.1. The van der Waals surface area contributed by atoms with Gasteiger partial charge in [-0.15, -0.1) is 0 Å². The van der Waals surface area contributed by atoms with Gasteiger partial charge in [0.1, 0.15) is 5.82 Å². The summed E-state index contributed by atoms with van der Waals surface area (Å²) in [5.41, 5.74) is 36.4. The largest absolute Gasteiger partial charge is 0.352 e. The molecule has 12 rings (SSSR count). The van der Waals surface area contributed by atoms with Gasteiger partial charge in [-0.25, -0.2) is 4.39 Å². The monoisotopic (exact) mass is 1180 g/mol. The van der Waals surface area contributed by atoms with Crippen LogP contribution in [0.2, 0.25) is 0 Å². The molecular formula is C70H78Br2FN5O. The number of carbonyl (C=O) groups excluding carboxylic acids is 1. The van der Waals surface area contributed by atoms with Crippen molar-refractivity contribution >= 4 is 37.8 Å². The van der Waals surface area contributed by atoms with E-state index in [1.54, 1.807) is 23.3 Å². The highest BCUT2D eigenvalue weighted by molar-refractivity contribution is 9.10. The molecule has 1 amide bonds. The normalized spacial score (nSPS) is 14.8. The Bertz CT molecular complexity index is 3310. The molecule has 7 N–H and O–H groups in total. The lowest BCUT2D eigenvalue weighted by Gasteiger charge is -2.25. The van der Waals surface area contributed by atoms with E-state index in [-0.39, 0.29) is 11.7 Å². The first-order valence-electron chi connectivity index (χ1n) is 28.2. The maximum Gasteiger partial charge on any atom is 0.251 e. The molecule has 1 aliphatic carbocycles. The van der Waals surface area contributed by atoms with Crippen molar-refractivity contribution in [2.24, 2.45) is 17.4 Å². The number of aryl methyl sites for hydroxylation is 6. The van der Waals surface area contributed by atoms with E-state index in [2.05, 4.69) is 160 Å². The van der Waals surface area contributed by atoms with Crippen molar-refractivity contribution in [1.29, 1.82) is 0 Å². The molecule has 4 aliphatic rings. The van der Waals surface area contributed by atoms with Gasteiger partial charge in [-0.05, 0) is 249 Å². The average molecular weight is 1180 g/mol. The topological polar surface area (TPSA) is 105 Å². The van der Waals surface area contributed by atoms with Crippen LogP contribution in [-0.4, -0.2) is 38.6 Å². The van der Waals surface area contributed by atoms with Gasteiger partial charge in [-0.1, -0.05) is 153 Å². The first-order chi connectivity index (χ1) is 38.3. The minimum atomic E-state index is -0.182. The molecule has 0 fully saturated rings. The summed E-state index contributed by atoms with van der Waals surface area (Å²) in [6.45, 7) is 17.1. The van der Waals surface area contributed by atoms with Gasteiger partial charge < -0.3 is 27.4 Å². The summed E-state index contributed by atoms with van der Waals surface area (Å²) in [7, 11) is 0. The number of nitrogens with one attached hydrogen (secondary N) is 3. The van der Waals surface area contributed by atoms with E-state index in [4.69, 9.17) is 11.5 Å². The van der Waals surface area contributed by atoms with Crippen LogP contribution < -0.4 is 27.4 Å². The Hall–Kier alpha value is -6.04. The van der Waals surface area contributed by atoms with Gasteiger partial charge in [0.05, 0.1) is 0 Å². The lowest BCUT2D eigenvalue weighted by molar-refractivity contribution is 0.0945. The van der Waals surface area contributed by atoms with Crippen LogP contribution in [0.15, 0.2) is 161 Å². The second-order valence-corrected chi connectivity index (χ2v) is 23.1. The van der Waals surface area contributed by atoms with Gasteiger partial charge >= 0.3 is 0 Å². The fourth-order valence-corrected chi connectivity index (χ4v) is 12.0. The molecule has 0 saturated carbocycles. The van der Waals surface area contributed by atoms with Crippen molar-refractivity contribution in [3.05, 3.63) is 244 Å². The number of benzene rings is 8. The first kappa shape index (κ1) is 59.1. The quantitative estimate of drug-likeness (QED) is 0.109. The van der Waals surface area contributed by atoms with Crippen molar-refractivity contribution in [3.8, 4) is 33.4 Å². The Labute approximate surface area is 486 Å². The molecular weight excluding hydrogens is 1110 g/mol. The van der Waals surface area contributed by atoms with Crippen LogP contribution in [0.3, 0.4) is 0 Å². The van der Waals surface area contributed by atoms with Crippen LogP contribution in [0.4, 0.5) is 4.39 Å². The van der Waals surface area contributed by atoms with Crippen LogP contribution in [0, 0.1) is 46.4 Å². The second kappa shape index (κ2) is 28.9. The zero-order valence-corrected chi connectivity index (χ0v) is 50.0. The molecule has 0 bridgehead atoms. The molecule has 0 spiro atoms. The zero-order valence-electron chi connectivity index (χ0n) is 46.8. The minimum absolute atomic E-state index is 0.0529. The zero-order chi connectivity index (χ0) is 55.8. The summed E-state index contributed by atoms with van der Waals surface area (Å²) >= 11 is 7.15. The molecule has 0 saturated heterocycles. The summed E-state index contributed by atoms with van der Waals surface area (Å²) in [6, 6.07) is 51.6. The molecule has 1 atom stereocenters. The first-order valence-corrected chi connectivity index (χ1v) is 29.8. The van der Waals surface area contributed by atoms with Crippen molar-refractivity contribution in [3.63, 3.8) is 0 Å². The van der Waals surface area contributed by atoms with Gasteiger partial charge in [-0.2, -0.15) is 0 Å². The predicted octanol–water partition coefficient (Wildman–Crippen LogP) is 15.2. The fraction of sp³-hybridized carbons (Fsp3) is 0.300. The molecule has 410 valence electrons. The highest BCUT2D eigenvalue weighted by Gasteiger charge is 2.21. The third kappa shape index (κ3) is 15.9. The van der Waals surface area contributed by atoms with Gasteiger partial charge in [0.15, 0.2) is 0 Å². The van der Waals surface area contributed by atoms with Crippen LogP contribution in [0.5, 0.6) is 0 Å². The molecule has 8 aromatic carbocycles. The highest BCUT2D eigenvalue weighted by Crippen LogP contribution is 2.33. The van der Waals surface area contributed by atoms with E-state index >= 15 is 0 Å². The smallest absolute Gasteiger partial charge is 0.251 e. The van der Waals surface area contributed by atoms with Crippen LogP contribution in [-0.2, 0) is 51.6 Å². The summed E-state index contributed by atoms with van der Waals surface area (Å²) in [4.78, 5) is 11.9. The van der Waals surface area contributed by atoms with E-state index < -0.39 is 0 Å². The Morgan fingerprint density at radius 1 is 0.494 bits per heavy atom. The molecule has 9 heteroatoms. The molecule has 3 aliphatic heterocycles. The summed E-state index contributed by atoms with van der Waals surface area (Å²) in [6.07, 6.45) is 9.05. The standard InChI is InChI=1S/C16H15NO.C16H17N.C15H16FN.C13H18BrN.C10H12BrN/c1-11-9-13(12-5-3-2-4-6-12)10-15-14(11)7-8-17-16(15)18;1-12-9-14(13-5-3-2-4-6-13)10-15-11-17-8-7-16(12)15;1-11-10-13(7-6-12(11)8-9-17)14-4-2-3-5-15(14)16;1-9-6-12-7-10(4-5-15)2-3-11(12)8-13(9)14;1-7-4-8-2-3-12-6-9(8)5-10(7)11/h2-6,9-10H,7-8H2,1H3,(H,17,18);2-6,9-10,17H,7-8,11H2,1H3;2-7,10H,8-9,17H2,1H3;6,8,10H,2-5,7,15H2,1H3;4-5,12H,2-3,6H2,1H3. The van der Waals surface area contributed by atoms with E-state index in [0.29, 0.717) is 12.1 Å². The minimum Gasteiger partial charge on any atom is -0.352 e. The second-order valence-electron chi connectivity index (χ2n) is 21.4. The van der Waals surface area contributed by atoms with Gasteiger partial charge in [-0.3, -0.25) is 4.79 Å². The Morgan fingerprint density at radius 3 is 1.72 bits per heavy atom. The van der Waals surface area contributed by atoms with E-state index in [9.17, 15) is 9.18 Å². The maximum atomic E-state index is 13.6. The number of hydrogen-bond donors (Lipinski definition) is 5. The molecule has 79 heavy (non-hydrogen) atoms. The summed E-state index contributed by atoms with van der Waals surface area (Å²) in [5, 5.41) is 9.72. The fourth-order valence-electron chi connectivity index (χ4n) is 11.3. The summed E-state index contributed by atoms with van der Waals surface area (Å²) in [5.74, 6) is 0.679. The van der Waals surface area contributed by atoms with Crippen molar-refractivity contribution in [1.82, 2.24) is 16.0 Å². The third-order valence-corrected chi connectivity index (χ3v) is 17.4. The number of rotatable bonds is 7. The van der Waals surface area contributed by atoms with Gasteiger partial charge in [0.25, 0.3) is 5.91 Å². The lowest BCUT2D eigenvalue weighted by Crippen LogP contribution is -2.32. The number of nitrogens with two attached hydrogens (primary N) is 2. The molecule has 6 nitrogen and oxygen atoms in total. The molecule has 3 heterocycles. The molecule has 0 radical (unpaired) electrons. The van der Waals surface area contributed by atoms with E-state index in [1.165, 1.54) is 114 Å². The Kier molecular flexibility index (Phi) is 21.6. The molecule has 1 unspecified atom stereocenters. The van der Waals surface area contributed by atoms with Crippen molar-refractivity contribution in [2.45, 2.75) is 99.1 Å². The van der Waals surface area contributed by atoms with Gasteiger partial charge in [0, 0.05) is 39.7 Å². The SMILES string of the molecule is Cc1cc(-c2ccccc2)cc2c1CCNC2.Cc1cc(-c2ccccc2)cc2c1CCNC2=O.Cc1cc(-c2ccccc2F)ccc1CCN.Cc1cc2c(cc1Br)CCC(CCN)C2.Cc1cc2c(cc1Br)CNCC2. The predicted molar refractivity (Wildman–Crippen MR) is 336 cm³/mol. The molecule has 8 aromatic rings. The Morgan fingerprint density at radius 2 is 1.06 bits per heavy atom. The number of amides is 1. The van der Waals surface area contributed by atoms with Crippen LogP contribution in [0.25, 0.3) is 33.4 Å². The van der Waals surface area contributed by atoms with Crippen molar-refractivity contribution in [2.75, 3.05) is 32.7 Å². The Balaban J connectivity index is 0.000000131. The number of halogens is 3. The van der Waals surface area contributed by atoms with E-state index in [0.717, 1.165) is 92.3 Å². The average Bonchev–Trinajstić information content (AvgIpc) is 3.52. The molecule has 0 aromatic heterocycles. The third-order valence-electron chi connectivity index (χ3n) is 15.7. The number of fused-ring (bicyclic) bond motifs is 4. The van der Waals surface area contributed by atoms with E-state index in [1.807, 2.05) is 55.5 Å². The van der Waals surface area contributed by atoms with Crippen LogP contribution in [0.1, 0.15) is 95.5 Å².